The Morgan fingerprint density at radius 1 is 1.53 bits per heavy atom. The second-order valence-electron chi connectivity index (χ2n) is 2.98. The third kappa shape index (κ3) is 4.65. The lowest BCUT2D eigenvalue weighted by molar-refractivity contribution is 0.244. The summed E-state index contributed by atoms with van der Waals surface area (Å²) < 4.78 is 1.05. The molecule has 0 atom stereocenters. The summed E-state index contributed by atoms with van der Waals surface area (Å²) in [6, 6.07) is 7.79. The Morgan fingerprint density at radius 2 is 2.33 bits per heavy atom. The molecule has 0 aromatic heterocycles. The number of carbonyl (C=O) groups excluding carboxylic acids is 1. The minimum Gasteiger partial charge on any atom is -0.338 e. The van der Waals surface area contributed by atoms with Crippen LogP contribution in [0.5, 0.6) is 0 Å². The summed E-state index contributed by atoms with van der Waals surface area (Å²) in [5.41, 5.74) is 1.18. The van der Waals surface area contributed by atoms with E-state index in [1.807, 2.05) is 24.3 Å². The van der Waals surface area contributed by atoms with Crippen LogP contribution in [-0.2, 0) is 6.42 Å². The van der Waals surface area contributed by atoms with E-state index >= 15 is 0 Å². The van der Waals surface area contributed by atoms with Gasteiger partial charge in [-0.2, -0.15) is 0 Å². The van der Waals surface area contributed by atoms with Gasteiger partial charge in [-0.3, -0.25) is 0 Å². The zero-order valence-electron chi connectivity index (χ0n) is 8.29. The summed E-state index contributed by atoms with van der Waals surface area (Å²) in [6.45, 7) is 4.01. The van der Waals surface area contributed by atoms with E-state index in [-0.39, 0.29) is 6.03 Å². The largest absolute Gasteiger partial charge is 0.338 e. The average molecular weight is 269 g/mol. The number of hydrogen-bond acceptors (Lipinski definition) is 1. The van der Waals surface area contributed by atoms with Crippen molar-refractivity contribution in [2.75, 3.05) is 6.54 Å². The van der Waals surface area contributed by atoms with Crippen molar-refractivity contribution in [3.05, 3.63) is 47.1 Å². The van der Waals surface area contributed by atoms with Gasteiger partial charge in [0.2, 0.25) is 0 Å². The van der Waals surface area contributed by atoms with Crippen molar-refractivity contribution in [2.45, 2.75) is 6.42 Å². The third-order valence-corrected chi connectivity index (χ3v) is 2.31. The molecule has 3 nitrogen and oxygen atoms in total. The van der Waals surface area contributed by atoms with E-state index in [2.05, 4.69) is 33.1 Å². The molecule has 0 saturated heterocycles. The first-order valence-electron chi connectivity index (χ1n) is 4.62. The molecule has 4 heteroatoms. The minimum absolute atomic E-state index is 0.222. The van der Waals surface area contributed by atoms with Gasteiger partial charge in [-0.15, -0.1) is 0 Å². The molecule has 0 spiro atoms. The fraction of sp³-hybridized carbons (Fsp3) is 0.182. The zero-order valence-corrected chi connectivity index (χ0v) is 9.88. The predicted molar refractivity (Wildman–Crippen MR) is 64.6 cm³/mol. The average Bonchev–Trinajstić information content (AvgIpc) is 2.18. The van der Waals surface area contributed by atoms with Gasteiger partial charge in [-0.25, -0.2) is 4.79 Å². The molecule has 80 valence electrons. The van der Waals surface area contributed by atoms with E-state index in [0.717, 1.165) is 10.9 Å². The van der Waals surface area contributed by atoms with Gasteiger partial charge >= 0.3 is 6.03 Å². The Labute approximate surface area is 97.7 Å². The highest BCUT2D eigenvalue weighted by molar-refractivity contribution is 9.10. The van der Waals surface area contributed by atoms with Crippen LogP contribution in [0.15, 0.2) is 41.5 Å². The van der Waals surface area contributed by atoms with Gasteiger partial charge in [0.1, 0.15) is 0 Å². The van der Waals surface area contributed by atoms with Crippen LogP contribution >= 0.6 is 15.9 Å². The van der Waals surface area contributed by atoms with Crippen molar-refractivity contribution in [1.82, 2.24) is 10.6 Å². The highest BCUT2D eigenvalue weighted by Crippen LogP contribution is 2.11. The number of urea groups is 1. The van der Waals surface area contributed by atoms with E-state index in [1.165, 1.54) is 11.8 Å². The Hall–Kier alpha value is -1.29. The molecular formula is C11H13BrN2O. The van der Waals surface area contributed by atoms with Crippen molar-refractivity contribution in [3.63, 3.8) is 0 Å². The monoisotopic (exact) mass is 268 g/mol. The van der Waals surface area contributed by atoms with Crippen LogP contribution in [0, 0.1) is 0 Å². The Morgan fingerprint density at radius 3 is 3.00 bits per heavy atom. The molecular weight excluding hydrogens is 256 g/mol. The molecule has 15 heavy (non-hydrogen) atoms. The van der Waals surface area contributed by atoms with Crippen molar-refractivity contribution in [2.24, 2.45) is 0 Å². The Bertz CT molecular complexity index is 352. The lowest BCUT2D eigenvalue weighted by Crippen LogP contribution is -2.33. The molecule has 0 fully saturated rings. The Kier molecular flexibility index (Phi) is 4.90. The highest BCUT2D eigenvalue weighted by Gasteiger charge is 1.97. The van der Waals surface area contributed by atoms with Gasteiger partial charge in [0.25, 0.3) is 0 Å². The topological polar surface area (TPSA) is 41.1 Å². The lowest BCUT2D eigenvalue weighted by Gasteiger charge is -2.04. The van der Waals surface area contributed by atoms with E-state index in [1.54, 1.807) is 0 Å². The van der Waals surface area contributed by atoms with Gasteiger partial charge < -0.3 is 10.6 Å². The SMILES string of the molecule is C=CNC(=O)NCCc1cccc(Br)c1. The number of amides is 2. The van der Waals surface area contributed by atoms with Crippen molar-refractivity contribution >= 4 is 22.0 Å². The quantitative estimate of drug-likeness (QED) is 0.866. The first-order chi connectivity index (χ1) is 7.22. The van der Waals surface area contributed by atoms with Crippen LogP contribution in [0.2, 0.25) is 0 Å². The van der Waals surface area contributed by atoms with Gasteiger partial charge in [-0.05, 0) is 30.3 Å². The molecule has 0 saturated carbocycles. The third-order valence-electron chi connectivity index (χ3n) is 1.82. The number of nitrogens with one attached hydrogen (secondary N) is 2. The first-order valence-corrected chi connectivity index (χ1v) is 5.41. The number of carbonyl (C=O) groups is 1. The number of halogens is 1. The molecule has 0 radical (unpaired) electrons. The van der Waals surface area contributed by atoms with Gasteiger partial charge in [0, 0.05) is 11.0 Å². The molecule has 0 unspecified atom stereocenters. The molecule has 1 aromatic carbocycles. The maximum Gasteiger partial charge on any atom is 0.318 e. The number of rotatable bonds is 4. The predicted octanol–water partition coefficient (Wildman–Crippen LogP) is 2.43. The summed E-state index contributed by atoms with van der Waals surface area (Å²) in [4.78, 5) is 11.0. The second kappa shape index (κ2) is 6.24. The standard InChI is InChI=1S/C11H13BrN2O/c1-2-13-11(15)14-7-6-9-4-3-5-10(12)8-9/h2-5,8H,1,6-7H2,(H2,13,14,15). The number of hydrogen-bond donors (Lipinski definition) is 2. The lowest BCUT2D eigenvalue weighted by atomic mass is 10.1. The molecule has 0 aliphatic carbocycles. The van der Waals surface area contributed by atoms with Crippen LogP contribution < -0.4 is 10.6 Å². The minimum atomic E-state index is -0.222. The molecule has 1 rings (SSSR count). The molecule has 2 N–H and O–H groups in total. The van der Waals surface area contributed by atoms with Gasteiger partial charge in [-0.1, -0.05) is 34.6 Å². The second-order valence-corrected chi connectivity index (χ2v) is 3.90. The molecule has 0 bridgehead atoms. The molecule has 2 amide bonds. The van der Waals surface area contributed by atoms with Crippen LogP contribution in [0.25, 0.3) is 0 Å². The van der Waals surface area contributed by atoms with E-state index < -0.39 is 0 Å². The highest BCUT2D eigenvalue weighted by atomic mass is 79.9. The van der Waals surface area contributed by atoms with Crippen LogP contribution in [0.4, 0.5) is 4.79 Å². The summed E-state index contributed by atoms with van der Waals surface area (Å²) in [7, 11) is 0. The van der Waals surface area contributed by atoms with Gasteiger partial charge in [0.15, 0.2) is 0 Å². The zero-order chi connectivity index (χ0) is 11.1. The summed E-state index contributed by atoms with van der Waals surface area (Å²) in [6.07, 6.45) is 2.17. The maximum atomic E-state index is 11.0. The van der Waals surface area contributed by atoms with Crippen molar-refractivity contribution in [3.8, 4) is 0 Å². The number of benzene rings is 1. The van der Waals surface area contributed by atoms with Crippen molar-refractivity contribution < 1.29 is 4.79 Å². The van der Waals surface area contributed by atoms with Crippen molar-refractivity contribution in [1.29, 1.82) is 0 Å². The first kappa shape index (κ1) is 11.8. The molecule has 1 aromatic rings. The van der Waals surface area contributed by atoms with E-state index in [9.17, 15) is 4.79 Å². The van der Waals surface area contributed by atoms with Crippen LogP contribution in [0.3, 0.4) is 0 Å². The van der Waals surface area contributed by atoms with E-state index in [4.69, 9.17) is 0 Å². The maximum absolute atomic E-state index is 11.0. The molecule has 0 aliphatic heterocycles. The van der Waals surface area contributed by atoms with Gasteiger partial charge in [0.05, 0.1) is 0 Å². The molecule has 0 heterocycles. The fourth-order valence-corrected chi connectivity index (χ4v) is 1.60. The van der Waals surface area contributed by atoms with Crippen LogP contribution in [0.1, 0.15) is 5.56 Å². The van der Waals surface area contributed by atoms with Crippen LogP contribution in [-0.4, -0.2) is 12.6 Å². The summed E-state index contributed by atoms with van der Waals surface area (Å²) in [5, 5.41) is 5.16. The summed E-state index contributed by atoms with van der Waals surface area (Å²) >= 11 is 3.39. The van der Waals surface area contributed by atoms with E-state index in [0.29, 0.717) is 6.54 Å². The molecule has 0 aliphatic rings. The Balaban J connectivity index is 2.31. The summed E-state index contributed by atoms with van der Waals surface area (Å²) in [5.74, 6) is 0. The normalized spacial score (nSPS) is 9.40. The smallest absolute Gasteiger partial charge is 0.318 e. The fourth-order valence-electron chi connectivity index (χ4n) is 1.16.